The average Bonchev–Trinajstić information content (AvgIpc) is 3.33. The second kappa shape index (κ2) is 13.9. The Labute approximate surface area is 286 Å². The Morgan fingerprint density at radius 1 is 0.939 bits per heavy atom. The van der Waals surface area contributed by atoms with E-state index in [1.807, 2.05) is 25.7 Å². The van der Waals surface area contributed by atoms with Gasteiger partial charge in [-0.15, -0.1) is 0 Å². The summed E-state index contributed by atoms with van der Waals surface area (Å²) in [5.74, 6) is 0.157. The third kappa shape index (κ3) is 9.11. The number of benzene rings is 1. The largest absolute Gasteiger partial charge is 0.444 e. The molecule has 3 heterocycles. The van der Waals surface area contributed by atoms with Crippen LogP contribution < -0.4 is 16.0 Å². The number of rotatable bonds is 6. The highest BCUT2D eigenvalue weighted by molar-refractivity contribution is 5.93. The number of carbonyl (C=O) groups is 3. The summed E-state index contributed by atoms with van der Waals surface area (Å²) >= 11 is 0. The average molecular weight is 690 g/mol. The van der Waals surface area contributed by atoms with Crippen molar-refractivity contribution in [2.24, 2.45) is 0 Å². The van der Waals surface area contributed by atoms with E-state index in [9.17, 15) is 27.6 Å². The van der Waals surface area contributed by atoms with Gasteiger partial charge in [0, 0.05) is 49.4 Å². The van der Waals surface area contributed by atoms with Crippen LogP contribution in [0, 0.1) is 0 Å². The van der Waals surface area contributed by atoms with Crippen LogP contribution in [0.15, 0.2) is 18.2 Å². The number of hydrogen-bond acceptors (Lipinski definition) is 8. The van der Waals surface area contributed by atoms with Crippen molar-refractivity contribution >= 4 is 34.6 Å². The third-order valence-electron chi connectivity index (χ3n) is 9.34. The number of ether oxygens (including phenoxy) is 1. The topological polar surface area (TPSA) is 129 Å². The Hall–Kier alpha value is -3.68. The molecule has 2 aliphatic heterocycles. The molecule has 1 aromatic heterocycles. The van der Waals surface area contributed by atoms with Crippen molar-refractivity contribution in [1.29, 1.82) is 0 Å². The second-order valence-corrected chi connectivity index (χ2v) is 15.7. The van der Waals surface area contributed by atoms with Crippen molar-refractivity contribution in [2.45, 2.75) is 134 Å². The smallest absolute Gasteiger partial charge is 0.416 e. The summed E-state index contributed by atoms with van der Waals surface area (Å²) in [6, 6.07) is 2.41. The number of aromatic nitrogens is 2. The van der Waals surface area contributed by atoms with Gasteiger partial charge in [0.25, 0.3) is 0 Å². The minimum atomic E-state index is -4.57. The summed E-state index contributed by atoms with van der Waals surface area (Å²) in [4.78, 5) is 51.6. The summed E-state index contributed by atoms with van der Waals surface area (Å²) in [6.45, 7) is 14.5. The van der Waals surface area contributed by atoms with Crippen LogP contribution >= 0.6 is 0 Å². The first-order valence-electron chi connectivity index (χ1n) is 17.3. The fourth-order valence-corrected chi connectivity index (χ4v) is 7.28. The number of hydrogen-bond donors (Lipinski definition) is 3. The van der Waals surface area contributed by atoms with E-state index >= 15 is 0 Å². The molecule has 1 aliphatic carbocycles. The molecule has 1 unspecified atom stereocenters. The van der Waals surface area contributed by atoms with E-state index in [2.05, 4.69) is 41.7 Å². The van der Waals surface area contributed by atoms with Crippen molar-refractivity contribution < 1.29 is 32.3 Å². The Kier molecular flexibility index (Phi) is 10.4. The lowest BCUT2D eigenvalue weighted by Crippen LogP contribution is -2.59. The maximum atomic E-state index is 14.0. The molecule has 49 heavy (non-hydrogen) atoms. The van der Waals surface area contributed by atoms with E-state index in [0.717, 1.165) is 18.6 Å². The molecule has 0 radical (unpaired) electrons. The van der Waals surface area contributed by atoms with Crippen LogP contribution in [-0.4, -0.2) is 92.6 Å². The Morgan fingerprint density at radius 3 is 2.24 bits per heavy atom. The number of nitrogens with zero attached hydrogens (tertiary/aromatic N) is 4. The van der Waals surface area contributed by atoms with Crippen LogP contribution in [0.25, 0.3) is 10.9 Å². The summed E-state index contributed by atoms with van der Waals surface area (Å²) in [5.41, 5.74) is -1.21. The van der Waals surface area contributed by atoms with Gasteiger partial charge in [-0.05, 0) is 98.3 Å². The molecular formula is C35H50F3N7O4. The Bertz CT molecular complexity index is 1550. The number of likely N-dealkylation sites (tertiary alicyclic amines) is 2. The van der Waals surface area contributed by atoms with Crippen LogP contribution in [-0.2, 0) is 20.5 Å². The van der Waals surface area contributed by atoms with Crippen molar-refractivity contribution in [3.05, 3.63) is 29.6 Å². The normalized spacial score (nSPS) is 24.3. The van der Waals surface area contributed by atoms with Gasteiger partial charge in [0.2, 0.25) is 11.8 Å². The fraction of sp³-hybridized carbons (Fsp3) is 0.686. The lowest BCUT2D eigenvalue weighted by molar-refractivity contribution is -0.137. The minimum absolute atomic E-state index is 0.100. The monoisotopic (exact) mass is 689 g/mol. The highest BCUT2D eigenvalue weighted by Gasteiger charge is 2.43. The number of nitrogens with one attached hydrogen (secondary N) is 3. The van der Waals surface area contributed by atoms with Gasteiger partial charge in [0.15, 0.2) is 0 Å². The Balaban J connectivity index is 1.37. The van der Waals surface area contributed by atoms with Gasteiger partial charge in [0.05, 0.1) is 23.2 Å². The molecule has 0 spiro atoms. The Morgan fingerprint density at radius 2 is 1.63 bits per heavy atom. The second-order valence-electron chi connectivity index (χ2n) is 15.7. The number of piperidine rings is 1. The molecule has 270 valence electrons. The first kappa shape index (κ1) is 36.6. The zero-order chi connectivity index (χ0) is 35.9. The highest BCUT2D eigenvalue weighted by atomic mass is 19.4. The number of fused-ring (bicyclic) bond motifs is 1. The van der Waals surface area contributed by atoms with Crippen LogP contribution in [0.2, 0.25) is 0 Å². The third-order valence-corrected chi connectivity index (χ3v) is 9.34. The predicted molar refractivity (Wildman–Crippen MR) is 180 cm³/mol. The maximum absolute atomic E-state index is 14.0. The summed E-state index contributed by atoms with van der Waals surface area (Å²) in [7, 11) is 0. The quantitative estimate of drug-likeness (QED) is 0.358. The number of anilines is 1. The molecule has 14 heteroatoms. The van der Waals surface area contributed by atoms with Crippen molar-refractivity contribution in [2.75, 3.05) is 25.0 Å². The molecule has 3 amide bonds. The first-order chi connectivity index (χ1) is 22.8. The predicted octanol–water partition coefficient (Wildman–Crippen LogP) is 5.59. The standard InChI is InChI=1S/C35H50F3N7O4/c1-20(46)39-27-19-23(43-33(2,3)4)9-11-28(27)45-17-14-26(31(45)47)41-30-24-18-22(35(36,37)38)8-10-25(24)40-29(42-30)21-12-15-44(16-13-21)32(48)49-34(5,6)7/h8,10,18,21,23,26-28,43H,9,11-17,19H2,1-7H3,(H,39,46)(H,40,41,42)/t23-,26?,27-,28+/m1/s1. The van der Waals surface area contributed by atoms with E-state index in [0.29, 0.717) is 63.1 Å². The number of alkyl halides is 3. The molecule has 3 aliphatic rings. The van der Waals surface area contributed by atoms with Crippen molar-refractivity contribution in [1.82, 2.24) is 30.4 Å². The van der Waals surface area contributed by atoms with Gasteiger partial charge in [-0.3, -0.25) is 9.59 Å². The van der Waals surface area contributed by atoms with E-state index in [4.69, 9.17) is 9.72 Å². The van der Waals surface area contributed by atoms with Gasteiger partial charge >= 0.3 is 12.3 Å². The van der Waals surface area contributed by atoms with Crippen LogP contribution in [0.1, 0.15) is 104 Å². The molecule has 11 nitrogen and oxygen atoms in total. The van der Waals surface area contributed by atoms with Gasteiger partial charge < -0.3 is 30.5 Å². The van der Waals surface area contributed by atoms with E-state index in [1.54, 1.807) is 4.90 Å². The molecule has 2 aromatic rings. The molecular weight excluding hydrogens is 639 g/mol. The lowest BCUT2D eigenvalue weighted by Gasteiger charge is -2.43. The van der Waals surface area contributed by atoms with Crippen LogP contribution in [0.5, 0.6) is 0 Å². The van der Waals surface area contributed by atoms with Gasteiger partial charge in [0.1, 0.15) is 23.3 Å². The molecule has 3 fully saturated rings. The van der Waals surface area contributed by atoms with E-state index < -0.39 is 29.5 Å². The summed E-state index contributed by atoms with van der Waals surface area (Å²) < 4.78 is 46.9. The maximum Gasteiger partial charge on any atom is 0.416 e. The van der Waals surface area contributed by atoms with Crippen molar-refractivity contribution in [3.8, 4) is 0 Å². The summed E-state index contributed by atoms with van der Waals surface area (Å²) in [5, 5.41) is 10.1. The van der Waals surface area contributed by atoms with Crippen LogP contribution in [0.3, 0.4) is 0 Å². The van der Waals surface area contributed by atoms with Gasteiger partial charge in [-0.25, -0.2) is 14.8 Å². The number of carbonyl (C=O) groups excluding carboxylic acids is 3. The zero-order valence-electron chi connectivity index (χ0n) is 29.5. The van der Waals surface area contributed by atoms with Gasteiger partial charge in [-0.1, -0.05) is 0 Å². The zero-order valence-corrected chi connectivity index (χ0v) is 29.5. The molecule has 5 rings (SSSR count). The number of amides is 3. The summed E-state index contributed by atoms with van der Waals surface area (Å²) in [6.07, 6.45) is -1.21. The lowest BCUT2D eigenvalue weighted by atomic mass is 9.84. The van der Waals surface area contributed by atoms with Crippen molar-refractivity contribution in [3.63, 3.8) is 0 Å². The van der Waals surface area contributed by atoms with Crippen LogP contribution in [0.4, 0.5) is 23.8 Å². The molecule has 3 N–H and O–H groups in total. The van der Waals surface area contributed by atoms with Gasteiger partial charge in [-0.2, -0.15) is 13.2 Å². The van der Waals surface area contributed by atoms with E-state index in [1.165, 1.54) is 13.0 Å². The molecule has 1 aromatic carbocycles. The first-order valence-corrected chi connectivity index (χ1v) is 17.3. The molecule has 1 saturated carbocycles. The molecule has 4 atom stereocenters. The fourth-order valence-electron chi connectivity index (χ4n) is 7.28. The van der Waals surface area contributed by atoms with E-state index in [-0.39, 0.29) is 52.6 Å². The molecule has 0 bridgehead atoms. The number of halogens is 3. The molecule has 2 saturated heterocycles. The SMILES string of the molecule is CC(=O)N[C@@H]1C[C@H](NC(C)(C)C)CC[C@@H]1N1CCC(Nc2nc(C3CCN(C(=O)OC(C)(C)C)CC3)nc3ccc(C(F)(F)F)cc23)C1=O. The minimum Gasteiger partial charge on any atom is -0.444 e. The highest BCUT2D eigenvalue weighted by Crippen LogP contribution is 2.36.